The predicted octanol–water partition coefficient (Wildman–Crippen LogP) is 5.21. The summed E-state index contributed by atoms with van der Waals surface area (Å²) >= 11 is 9.76. The summed E-state index contributed by atoms with van der Waals surface area (Å²) in [4.78, 5) is 24.6. The van der Waals surface area contributed by atoms with E-state index in [2.05, 4.69) is 37.1 Å². The van der Waals surface area contributed by atoms with Gasteiger partial charge in [-0.25, -0.2) is 9.59 Å². The molecule has 0 spiro atoms. The van der Waals surface area contributed by atoms with E-state index < -0.39 is 24.3 Å². The Bertz CT molecular complexity index is 1630. The quantitative estimate of drug-likeness (QED) is 0.0764. The van der Waals surface area contributed by atoms with Crippen molar-refractivity contribution in [1.29, 1.82) is 0 Å². The van der Waals surface area contributed by atoms with E-state index in [1.165, 1.54) is 20.4 Å². The molecule has 1 aliphatic heterocycles. The first-order chi connectivity index (χ1) is 22.1. The lowest BCUT2D eigenvalue weighted by molar-refractivity contribution is -0.136. The molecule has 2 atom stereocenters. The number of aliphatic hydroxyl groups excluding tert-OH is 1. The van der Waals surface area contributed by atoms with Gasteiger partial charge in [-0.2, -0.15) is 5.10 Å². The van der Waals surface area contributed by atoms with Crippen molar-refractivity contribution in [3.8, 4) is 23.0 Å². The van der Waals surface area contributed by atoms with Gasteiger partial charge in [-0.05, 0) is 71.2 Å². The molecule has 0 radical (unpaired) electrons. The van der Waals surface area contributed by atoms with Crippen LogP contribution in [0.5, 0.6) is 23.0 Å². The number of halogens is 2. The largest absolute Gasteiger partial charge is 0.493 e. The van der Waals surface area contributed by atoms with Crippen molar-refractivity contribution in [2.45, 2.75) is 32.7 Å². The standard InChI is InChI=1S/C32H34BrClN4O8/c1-5-44-25-14-20(29-28(31(40)43-4)18(2)36-32(41)37-29)10-11-24(25)45-17-27(39)38-35-15-19-12-22(33)30(26(13-19)42-3)46-16-21-8-6-7-9-23(21)34/h6-15,27,29,38-39H,5,16-17H2,1-4H3,(H2,36,37,41)/b35-15+/t27-,29-/m0/s1. The summed E-state index contributed by atoms with van der Waals surface area (Å²) in [7, 11) is 2.80. The van der Waals surface area contributed by atoms with Crippen LogP contribution >= 0.6 is 27.5 Å². The number of hydrogen-bond acceptors (Lipinski definition) is 10. The molecule has 0 saturated heterocycles. The number of allylic oxidation sites excluding steroid dienone is 1. The Labute approximate surface area is 279 Å². The minimum atomic E-state index is -1.17. The maximum absolute atomic E-state index is 12.5. The van der Waals surface area contributed by atoms with Crippen LogP contribution in [0.3, 0.4) is 0 Å². The van der Waals surface area contributed by atoms with Crippen molar-refractivity contribution >= 4 is 45.7 Å². The monoisotopic (exact) mass is 716 g/mol. The lowest BCUT2D eigenvalue weighted by Crippen LogP contribution is -2.45. The Balaban J connectivity index is 1.39. The molecular weight excluding hydrogens is 684 g/mol. The molecule has 4 N–H and O–H groups in total. The third-order valence-corrected chi connectivity index (χ3v) is 7.65. The average molecular weight is 718 g/mol. The first-order valence-corrected chi connectivity index (χ1v) is 15.3. The number of amides is 2. The highest BCUT2D eigenvalue weighted by Crippen LogP contribution is 2.37. The van der Waals surface area contributed by atoms with Gasteiger partial charge in [0.15, 0.2) is 29.2 Å². The Kier molecular flexibility index (Phi) is 12.1. The summed E-state index contributed by atoms with van der Waals surface area (Å²) in [5.74, 6) is 1.11. The maximum Gasteiger partial charge on any atom is 0.337 e. The lowest BCUT2D eigenvalue weighted by atomic mass is 9.95. The minimum absolute atomic E-state index is 0.172. The third-order valence-electron chi connectivity index (χ3n) is 6.69. The maximum atomic E-state index is 12.5. The van der Waals surface area contributed by atoms with Crippen LogP contribution < -0.4 is 35.0 Å². The van der Waals surface area contributed by atoms with Gasteiger partial charge in [0.25, 0.3) is 0 Å². The average Bonchev–Trinajstić information content (AvgIpc) is 3.03. The molecule has 244 valence electrons. The first-order valence-electron chi connectivity index (χ1n) is 14.1. The van der Waals surface area contributed by atoms with E-state index in [0.29, 0.717) is 55.9 Å². The number of urea groups is 1. The van der Waals surface area contributed by atoms with Gasteiger partial charge in [0.05, 0.1) is 43.1 Å². The molecule has 0 aromatic heterocycles. The molecule has 1 heterocycles. The van der Waals surface area contributed by atoms with Crippen LogP contribution in [0.25, 0.3) is 0 Å². The van der Waals surface area contributed by atoms with Crippen LogP contribution in [0.15, 0.2) is 75.4 Å². The predicted molar refractivity (Wildman–Crippen MR) is 175 cm³/mol. The number of carbonyl (C=O) groups excluding carboxylic acids is 2. The second kappa shape index (κ2) is 16.2. The zero-order valence-electron chi connectivity index (χ0n) is 25.6. The van der Waals surface area contributed by atoms with Crippen LogP contribution in [0, 0.1) is 0 Å². The van der Waals surface area contributed by atoms with Gasteiger partial charge in [-0.15, -0.1) is 0 Å². The number of hydrazone groups is 1. The van der Waals surface area contributed by atoms with Crippen molar-refractivity contribution in [2.24, 2.45) is 5.10 Å². The molecule has 0 fully saturated rings. The summed E-state index contributed by atoms with van der Waals surface area (Å²) in [5, 5.41) is 20.5. The fourth-order valence-electron chi connectivity index (χ4n) is 4.54. The van der Waals surface area contributed by atoms with Crippen molar-refractivity contribution in [3.05, 3.63) is 92.1 Å². The van der Waals surface area contributed by atoms with Gasteiger partial charge in [0, 0.05) is 16.3 Å². The molecule has 3 aromatic rings. The van der Waals surface area contributed by atoms with Gasteiger partial charge in [-0.1, -0.05) is 35.9 Å². The molecule has 1 aliphatic rings. The number of methoxy groups -OCH3 is 2. The van der Waals surface area contributed by atoms with Crippen molar-refractivity contribution < 1.29 is 38.4 Å². The summed E-state index contributed by atoms with van der Waals surface area (Å²) in [6.07, 6.45) is 0.338. The number of nitrogens with one attached hydrogen (secondary N) is 3. The zero-order chi connectivity index (χ0) is 33.2. The fraction of sp³-hybridized carbons (Fsp3) is 0.281. The SMILES string of the molecule is CCOc1cc([C@@H]2NC(=O)NC(C)=C2C(=O)OC)ccc1OC[C@H](O)N/N=C/c1cc(Br)c(OCc2ccccc2Cl)c(OC)c1. The number of carbonyl (C=O) groups is 2. The molecule has 0 saturated carbocycles. The van der Waals surface area contributed by atoms with Gasteiger partial charge in [0.2, 0.25) is 0 Å². The number of nitrogens with zero attached hydrogens (tertiary/aromatic N) is 1. The lowest BCUT2D eigenvalue weighted by Gasteiger charge is -2.28. The molecule has 3 aromatic carbocycles. The highest BCUT2D eigenvalue weighted by molar-refractivity contribution is 9.10. The molecular formula is C32H34BrClN4O8. The molecule has 2 amide bonds. The van der Waals surface area contributed by atoms with E-state index in [9.17, 15) is 14.7 Å². The third kappa shape index (κ3) is 8.62. The highest BCUT2D eigenvalue weighted by atomic mass is 79.9. The molecule has 12 nitrogen and oxygen atoms in total. The minimum Gasteiger partial charge on any atom is -0.493 e. The highest BCUT2D eigenvalue weighted by Gasteiger charge is 2.32. The number of aliphatic hydroxyl groups is 1. The molecule has 14 heteroatoms. The second-order valence-electron chi connectivity index (χ2n) is 9.83. The van der Waals surface area contributed by atoms with E-state index in [0.717, 1.165) is 5.56 Å². The smallest absolute Gasteiger partial charge is 0.337 e. The van der Waals surface area contributed by atoms with Crippen LogP contribution in [0.4, 0.5) is 4.79 Å². The van der Waals surface area contributed by atoms with Crippen molar-refractivity contribution in [1.82, 2.24) is 16.1 Å². The van der Waals surface area contributed by atoms with E-state index in [1.54, 1.807) is 43.3 Å². The number of esters is 1. The van der Waals surface area contributed by atoms with Gasteiger partial charge < -0.3 is 39.4 Å². The second-order valence-corrected chi connectivity index (χ2v) is 11.1. The van der Waals surface area contributed by atoms with E-state index in [1.807, 2.05) is 25.1 Å². The van der Waals surface area contributed by atoms with Gasteiger partial charge >= 0.3 is 12.0 Å². The first kappa shape index (κ1) is 34.4. The van der Waals surface area contributed by atoms with Crippen molar-refractivity contribution in [2.75, 3.05) is 27.4 Å². The van der Waals surface area contributed by atoms with Crippen LogP contribution in [-0.2, 0) is 16.1 Å². The molecule has 46 heavy (non-hydrogen) atoms. The van der Waals surface area contributed by atoms with E-state index in [-0.39, 0.29) is 18.8 Å². The molecule has 0 unspecified atom stereocenters. The van der Waals surface area contributed by atoms with Crippen molar-refractivity contribution in [3.63, 3.8) is 0 Å². The molecule has 0 aliphatic carbocycles. The van der Waals surface area contributed by atoms with E-state index in [4.69, 9.17) is 35.3 Å². The Hall–Kier alpha value is -4.46. The van der Waals surface area contributed by atoms with Crippen LogP contribution in [0.2, 0.25) is 5.02 Å². The summed E-state index contributed by atoms with van der Waals surface area (Å²) in [6, 6.07) is 14.7. The number of hydrogen-bond donors (Lipinski definition) is 4. The Morgan fingerprint density at radius 3 is 2.61 bits per heavy atom. The van der Waals surface area contributed by atoms with Gasteiger partial charge in [-0.3, -0.25) is 5.43 Å². The number of rotatable bonds is 14. The Morgan fingerprint density at radius 1 is 1.11 bits per heavy atom. The number of benzene rings is 3. The summed E-state index contributed by atoms with van der Waals surface area (Å²) in [6.45, 7) is 3.84. The zero-order valence-corrected chi connectivity index (χ0v) is 27.9. The van der Waals surface area contributed by atoms with Gasteiger partial charge in [0.1, 0.15) is 13.2 Å². The molecule has 0 bridgehead atoms. The Morgan fingerprint density at radius 2 is 1.89 bits per heavy atom. The van der Waals surface area contributed by atoms with E-state index >= 15 is 0 Å². The van der Waals surface area contributed by atoms with Crippen LogP contribution in [0.1, 0.15) is 36.6 Å². The summed E-state index contributed by atoms with van der Waals surface area (Å²) in [5.41, 5.74) is 5.36. The number of ether oxygens (including phenoxy) is 5. The normalized spacial score (nSPS) is 15.1. The van der Waals surface area contributed by atoms with Crippen LogP contribution in [-0.4, -0.2) is 57.0 Å². The fourth-order valence-corrected chi connectivity index (χ4v) is 5.30. The summed E-state index contributed by atoms with van der Waals surface area (Å²) < 4.78 is 28.6. The molecule has 4 rings (SSSR count). The topological polar surface area (TPSA) is 149 Å².